The largest absolute Gasteiger partial charge is 0.481 e. The fourth-order valence-corrected chi connectivity index (χ4v) is 19.8. The van der Waals surface area contributed by atoms with Crippen LogP contribution in [0.1, 0.15) is 186 Å². The lowest BCUT2D eigenvalue weighted by Gasteiger charge is -2.37. The molecular weight excluding hydrogens is 1930 g/mol. The van der Waals surface area contributed by atoms with E-state index in [-0.39, 0.29) is 72.6 Å². The van der Waals surface area contributed by atoms with Gasteiger partial charge in [0.15, 0.2) is 19.7 Å². The molecule has 29 nitrogen and oxygen atoms in total. The number of nitrogens with two attached hydrogens (primary N) is 1. The third kappa shape index (κ3) is 31.1. The molecule has 0 bridgehead atoms. The zero-order valence-corrected chi connectivity index (χ0v) is 86.7. The molecule has 0 atom stereocenters. The van der Waals surface area contributed by atoms with Gasteiger partial charge in [0.25, 0.3) is 0 Å². The van der Waals surface area contributed by atoms with Gasteiger partial charge in [0.05, 0.1) is 89.7 Å². The number of rotatable bonds is 22. The van der Waals surface area contributed by atoms with Gasteiger partial charge >= 0.3 is 19.7 Å². The third-order valence-electron chi connectivity index (χ3n) is 23.6. The van der Waals surface area contributed by atoms with Crippen molar-refractivity contribution in [1.29, 1.82) is 0 Å². The van der Waals surface area contributed by atoms with E-state index in [0.717, 1.165) is 175 Å². The lowest BCUT2D eigenvalue weighted by molar-refractivity contribution is -0.0893. The van der Waals surface area contributed by atoms with E-state index < -0.39 is 42.1 Å². The number of fused-ring (bicyclic) bond motifs is 3. The Hall–Kier alpha value is -10.2. The summed E-state index contributed by atoms with van der Waals surface area (Å²) < 4.78 is 80.6. The van der Waals surface area contributed by atoms with Crippen molar-refractivity contribution in [2.45, 2.75) is 266 Å². The Morgan fingerprint density at radius 2 is 0.825 bits per heavy atom. The molecule has 3 fully saturated rings. The van der Waals surface area contributed by atoms with Crippen LogP contribution >= 0.6 is 63.4 Å². The van der Waals surface area contributed by atoms with Crippen LogP contribution in [0.15, 0.2) is 183 Å². The predicted molar refractivity (Wildman–Crippen MR) is 553 cm³/mol. The molecule has 3 saturated carbocycles. The number of aryl methyl sites for hydroxylation is 5. The number of anilines is 3. The minimum atomic E-state index is -3.71. The summed E-state index contributed by atoms with van der Waals surface area (Å²) in [4.78, 5) is 66.2. The highest BCUT2D eigenvalue weighted by Gasteiger charge is 2.37. The van der Waals surface area contributed by atoms with E-state index in [2.05, 4.69) is 97.0 Å². The van der Waals surface area contributed by atoms with Gasteiger partial charge in [0.1, 0.15) is 11.2 Å². The van der Waals surface area contributed by atoms with Crippen LogP contribution in [-0.2, 0) is 45.3 Å². The highest BCUT2D eigenvalue weighted by Crippen LogP contribution is 2.40. The molecule has 15 rings (SSSR count). The normalized spacial score (nSPS) is 16.7. The number of alkyl carbamates (subject to hydrolysis) is 2. The summed E-state index contributed by atoms with van der Waals surface area (Å²) in [5.41, 5.74) is 16.0. The summed E-state index contributed by atoms with van der Waals surface area (Å²) in [6, 6.07) is 44.4. The Balaban J connectivity index is 0.000000207. The molecule has 137 heavy (non-hydrogen) atoms. The molecule has 12 N–H and O–H groups in total. The number of methoxy groups -OCH3 is 2. The van der Waals surface area contributed by atoms with Crippen LogP contribution < -0.4 is 47.3 Å². The molecule has 2 amide bonds. The maximum absolute atomic E-state index is 13.0. The number of benzene rings is 6. The minimum Gasteiger partial charge on any atom is -0.481 e. The Kier molecular flexibility index (Phi) is 39.2. The van der Waals surface area contributed by atoms with Crippen LogP contribution in [0.2, 0.25) is 15.1 Å². The van der Waals surface area contributed by atoms with E-state index in [1.165, 1.54) is 26.4 Å². The van der Waals surface area contributed by atoms with Gasteiger partial charge in [-0.25, -0.2) is 66.3 Å². The van der Waals surface area contributed by atoms with E-state index in [1.54, 1.807) is 69.9 Å². The first kappa shape index (κ1) is 110. The average Bonchev–Trinajstić information content (AvgIpc) is 0.749. The maximum atomic E-state index is 13.0. The van der Waals surface area contributed by atoms with Crippen molar-refractivity contribution in [2.24, 2.45) is 5.73 Å². The van der Waals surface area contributed by atoms with Gasteiger partial charge in [0.2, 0.25) is 29.6 Å². The fourth-order valence-electron chi connectivity index (χ4n) is 15.4. The zero-order valence-electron chi connectivity index (χ0n) is 80.3. The number of hydrogen-bond donors (Lipinski definition) is 8. The molecule has 6 heterocycles. The SMILES string of the molecule is COc1nc(CS(=O)(=O)c2ccccc2Cl)ccc1-c1ccc2nc(NC3CCC(N)CC3)ncc2c1C.COc1nc(CS(=O)(=O)c2ccccc2Cl)ccc1-c1ccc2nc(NC3CCC(NC(=O)OC(C)(C)C)CC3)ncc2c1C.Cc1c(Br)ccc2nc(NC3CCC(NC(=O)OC(C)(C)C)CC3)ncc12.Cc1ccc([B]OC(C)(C)C(C)(C)O)c(C)n1.O.O.Sc1ccccc1Cl. The van der Waals surface area contributed by atoms with Gasteiger partial charge in [-0.15, -0.1) is 12.6 Å². The number of halogens is 4. The molecule has 3 aliphatic carbocycles. The van der Waals surface area contributed by atoms with Crippen molar-refractivity contribution in [3.05, 3.63) is 223 Å². The number of aromatic nitrogens is 9. The Morgan fingerprint density at radius 3 is 1.18 bits per heavy atom. The first-order valence-electron chi connectivity index (χ1n) is 44.9. The molecule has 733 valence electrons. The highest BCUT2D eigenvalue weighted by molar-refractivity contribution is 9.10. The number of nitrogens with zero attached hydrogens (tertiary/aromatic N) is 9. The van der Waals surface area contributed by atoms with E-state index in [1.807, 2.05) is 187 Å². The first-order chi connectivity index (χ1) is 63.7. The maximum Gasteiger partial charge on any atom is 0.407 e. The van der Waals surface area contributed by atoms with Crippen LogP contribution in [0.4, 0.5) is 27.4 Å². The summed E-state index contributed by atoms with van der Waals surface area (Å²) >= 11 is 25.5. The lowest BCUT2D eigenvalue weighted by atomic mass is 9.82. The number of sulfone groups is 2. The number of pyridine rings is 3. The highest BCUT2D eigenvalue weighted by atomic mass is 79.9. The molecule has 1 radical (unpaired) electrons. The predicted octanol–water partition coefficient (Wildman–Crippen LogP) is 19.6. The number of carbonyl (C=O) groups is 2. The van der Waals surface area contributed by atoms with Crippen LogP contribution in [0.25, 0.3) is 55.0 Å². The van der Waals surface area contributed by atoms with E-state index >= 15 is 0 Å². The van der Waals surface area contributed by atoms with Crippen LogP contribution in [0.5, 0.6) is 11.8 Å². The molecule has 0 aliphatic heterocycles. The van der Waals surface area contributed by atoms with Gasteiger partial charge in [-0.3, -0.25) is 4.98 Å². The molecule has 3 aliphatic rings. The number of ether oxygens (including phenoxy) is 4. The average molecular weight is 2050 g/mol. The molecule has 6 aromatic heterocycles. The second-order valence-corrected chi connectivity index (χ2v) is 43.4. The quantitative estimate of drug-likeness (QED) is 0.0231. The Morgan fingerprint density at radius 1 is 0.467 bits per heavy atom. The second kappa shape index (κ2) is 48.6. The van der Waals surface area contributed by atoms with Gasteiger partial charge in [0, 0.05) is 103 Å². The number of carbonyl (C=O) groups excluding carboxylic acids is 2. The van der Waals surface area contributed by atoms with Crippen molar-refractivity contribution < 1.29 is 66.1 Å². The number of aliphatic hydroxyl groups is 1. The zero-order chi connectivity index (χ0) is 98.1. The van der Waals surface area contributed by atoms with Gasteiger partial charge in [-0.2, -0.15) is 0 Å². The Bertz CT molecular complexity index is 6400. The Labute approximate surface area is 833 Å². The summed E-state index contributed by atoms with van der Waals surface area (Å²) in [6.07, 6.45) is 16.0. The molecule has 12 aromatic rings. The molecule has 0 unspecified atom stereocenters. The van der Waals surface area contributed by atoms with Crippen LogP contribution in [0.3, 0.4) is 0 Å². The summed E-state index contributed by atoms with van der Waals surface area (Å²) in [5.74, 6) is 1.90. The van der Waals surface area contributed by atoms with Crippen molar-refractivity contribution in [3.63, 3.8) is 0 Å². The van der Waals surface area contributed by atoms with Crippen LogP contribution in [0, 0.1) is 34.6 Å². The van der Waals surface area contributed by atoms with Gasteiger partial charge < -0.3 is 72.0 Å². The van der Waals surface area contributed by atoms with Gasteiger partial charge in [-0.05, 0) is 305 Å². The van der Waals surface area contributed by atoms with Crippen molar-refractivity contribution in [2.75, 3.05) is 30.2 Å². The molecule has 6 aromatic carbocycles. The van der Waals surface area contributed by atoms with E-state index in [4.69, 9.17) is 74.1 Å². The number of nitrogens with one attached hydrogen (secondary N) is 5. The van der Waals surface area contributed by atoms with Crippen LogP contribution in [-0.4, -0.2) is 170 Å². The second-order valence-electron chi connectivity index (χ2n) is 36.9. The minimum absolute atomic E-state index is 0. The number of thiol groups is 1. The summed E-state index contributed by atoms with van der Waals surface area (Å²) in [6.45, 7) is 28.3. The van der Waals surface area contributed by atoms with Crippen molar-refractivity contribution >= 4 is 159 Å². The lowest BCUT2D eigenvalue weighted by Crippen LogP contribution is -2.49. The van der Waals surface area contributed by atoms with Crippen molar-refractivity contribution in [3.8, 4) is 34.0 Å². The smallest absolute Gasteiger partial charge is 0.407 e. The number of amides is 2. The topological polar surface area (TPSA) is 434 Å². The van der Waals surface area contributed by atoms with Gasteiger partial charge in [-0.1, -0.05) is 105 Å². The fraction of sp³-hybridized carbons (Fsp3) is 0.410. The standard InChI is InChI=1S/C33H38ClN5O5S.C28H30ClN5O3S.C20H27BrN4O2.C13H21BNO2.C6H5ClS.2H2O/c1-20-24(25-15-14-23(36-30(25)43-5)19-45(41,42)29-9-7-6-8-27(29)34)16-17-28-26(20)18-35-31(39-28)37-21-10-12-22(13-11-21)38-32(40)44-33(2,3)4;1-17-21(13-14-25-23(17)15-31-28(34-25)33-19-9-7-18(30)8-10-19)22-12-11-20(32-27(22)37-2)16-38(35,36)26-6-4-3-5-24(26)29;1-12-15-11-22-18(25-17(15)10-9-16(12)21)23-13-5-7-14(8-6-13)24-19(26)27-20(2,3)4;1-9-7-8-11(10(2)15-9)14-17-13(5,6)12(3,4)16;7-5-3-1-2-4-6(5)8;;/h6-9,14-18,21-22H,10-13,19H2,1-5H3,(H,38,40)(H,35,37,39);3-6,11-15,18-19H,7-10,16,30H2,1-2H3,(H,31,33,34);9-11,13-14H,5-8H2,1-4H3,(H,24,26)(H,22,23,25);7-8,16H,1-6H3;1-4,8H;2*1H2. The molecular formula is C100H125BBrCl3N15O14S3. The first-order valence-corrected chi connectivity index (χ1v) is 50.5. The van der Waals surface area contributed by atoms with Crippen molar-refractivity contribution in [1.82, 2.24) is 55.5 Å². The number of hydrogen-bond acceptors (Lipinski definition) is 26. The third-order valence-corrected chi connectivity index (χ3v) is 29.6. The van der Waals surface area contributed by atoms with E-state index in [0.29, 0.717) is 64.1 Å². The summed E-state index contributed by atoms with van der Waals surface area (Å²) in [5, 5.41) is 30.2. The molecule has 0 spiro atoms. The summed E-state index contributed by atoms with van der Waals surface area (Å²) in [7, 11) is -2.69. The monoisotopic (exact) mass is 2050 g/mol. The molecule has 0 saturated heterocycles. The molecule has 37 heteroatoms. The van der Waals surface area contributed by atoms with E-state index in [9.17, 15) is 31.5 Å².